The number of hydrogen-bond acceptors (Lipinski definition) is 4. The van der Waals surface area contributed by atoms with Crippen LogP contribution in [0.3, 0.4) is 0 Å². The maximum Gasteiger partial charge on any atom is 0.307 e. The standard InChI is InChI=1S/C16H28N2O3/c1-21-15(20)11-13-7-3-6-10-18(13)14(19)12-16(17)8-4-2-5-9-16/h13H,2-12,17H2,1H3. The molecule has 2 N–H and O–H groups in total. The first-order chi connectivity index (χ1) is 10.0. The highest BCUT2D eigenvalue weighted by molar-refractivity contribution is 5.79. The first-order valence-corrected chi connectivity index (χ1v) is 8.19. The number of piperidine rings is 1. The Kier molecular flexibility index (Phi) is 5.62. The van der Waals surface area contributed by atoms with Gasteiger partial charge in [-0.15, -0.1) is 0 Å². The summed E-state index contributed by atoms with van der Waals surface area (Å²) in [5.41, 5.74) is 6.07. The minimum absolute atomic E-state index is 0.00843. The third-order valence-corrected chi connectivity index (χ3v) is 4.93. The molecule has 1 aliphatic carbocycles. The fraction of sp³-hybridized carbons (Fsp3) is 0.875. The predicted octanol–water partition coefficient (Wildman–Crippen LogP) is 1.98. The molecule has 5 nitrogen and oxygen atoms in total. The lowest BCUT2D eigenvalue weighted by Crippen LogP contribution is -2.51. The van der Waals surface area contributed by atoms with Gasteiger partial charge in [0.25, 0.3) is 0 Å². The number of ether oxygens (including phenoxy) is 1. The summed E-state index contributed by atoms with van der Waals surface area (Å²) in [6.07, 6.45) is 9.04. The van der Waals surface area contributed by atoms with Crippen LogP contribution in [0.25, 0.3) is 0 Å². The molecule has 0 radical (unpaired) electrons. The molecule has 1 unspecified atom stereocenters. The Balaban J connectivity index is 1.96. The van der Waals surface area contributed by atoms with Crippen molar-refractivity contribution in [1.82, 2.24) is 4.90 Å². The highest BCUT2D eigenvalue weighted by atomic mass is 16.5. The fourth-order valence-electron chi connectivity index (χ4n) is 3.65. The first-order valence-electron chi connectivity index (χ1n) is 8.19. The molecule has 2 rings (SSSR count). The molecule has 2 aliphatic rings. The predicted molar refractivity (Wildman–Crippen MR) is 80.6 cm³/mol. The van der Waals surface area contributed by atoms with Gasteiger partial charge in [-0.3, -0.25) is 9.59 Å². The van der Waals surface area contributed by atoms with Crippen molar-refractivity contribution in [2.24, 2.45) is 5.73 Å². The van der Waals surface area contributed by atoms with E-state index in [-0.39, 0.29) is 23.5 Å². The maximum absolute atomic E-state index is 12.6. The average molecular weight is 296 g/mol. The molecule has 2 fully saturated rings. The molecule has 1 amide bonds. The summed E-state index contributed by atoms with van der Waals surface area (Å²) in [5.74, 6) is -0.118. The van der Waals surface area contributed by atoms with E-state index in [1.165, 1.54) is 13.5 Å². The number of hydrogen-bond donors (Lipinski definition) is 1. The summed E-state index contributed by atoms with van der Waals surface area (Å²) in [6.45, 7) is 0.747. The molecule has 0 bridgehead atoms. The number of carbonyl (C=O) groups is 2. The van der Waals surface area contributed by atoms with Crippen LogP contribution >= 0.6 is 0 Å². The van der Waals surface area contributed by atoms with Crippen molar-refractivity contribution in [3.8, 4) is 0 Å². The maximum atomic E-state index is 12.6. The molecule has 1 saturated heterocycles. The van der Waals surface area contributed by atoms with Crippen LogP contribution in [0, 0.1) is 0 Å². The number of nitrogens with two attached hydrogens (primary N) is 1. The zero-order chi connectivity index (χ0) is 15.3. The van der Waals surface area contributed by atoms with E-state index < -0.39 is 0 Å². The lowest BCUT2D eigenvalue weighted by Gasteiger charge is -2.39. The Labute approximate surface area is 127 Å². The van der Waals surface area contributed by atoms with E-state index in [0.29, 0.717) is 12.8 Å². The van der Waals surface area contributed by atoms with Gasteiger partial charge >= 0.3 is 5.97 Å². The van der Waals surface area contributed by atoms with E-state index in [1.807, 2.05) is 4.90 Å². The van der Waals surface area contributed by atoms with E-state index in [9.17, 15) is 9.59 Å². The van der Waals surface area contributed by atoms with Crippen LogP contribution in [-0.2, 0) is 14.3 Å². The zero-order valence-corrected chi connectivity index (χ0v) is 13.1. The van der Waals surface area contributed by atoms with Crippen LogP contribution < -0.4 is 5.73 Å². The van der Waals surface area contributed by atoms with Crippen molar-refractivity contribution >= 4 is 11.9 Å². The summed E-state index contributed by atoms with van der Waals surface area (Å²) in [5, 5.41) is 0. The van der Waals surface area contributed by atoms with Crippen LogP contribution in [0.4, 0.5) is 0 Å². The Bertz CT molecular complexity index is 378. The number of rotatable bonds is 4. The van der Waals surface area contributed by atoms with Crippen molar-refractivity contribution < 1.29 is 14.3 Å². The molecular weight excluding hydrogens is 268 g/mol. The molecule has 1 heterocycles. The van der Waals surface area contributed by atoms with Gasteiger partial charge < -0.3 is 15.4 Å². The highest BCUT2D eigenvalue weighted by Gasteiger charge is 2.35. The average Bonchev–Trinajstić information content (AvgIpc) is 2.47. The second-order valence-corrected chi connectivity index (χ2v) is 6.62. The van der Waals surface area contributed by atoms with E-state index >= 15 is 0 Å². The van der Waals surface area contributed by atoms with Crippen molar-refractivity contribution in [2.75, 3.05) is 13.7 Å². The van der Waals surface area contributed by atoms with E-state index in [4.69, 9.17) is 10.5 Å². The number of likely N-dealkylation sites (tertiary alicyclic amines) is 1. The van der Waals surface area contributed by atoms with Gasteiger partial charge in [-0.05, 0) is 32.1 Å². The van der Waals surface area contributed by atoms with E-state index in [2.05, 4.69) is 0 Å². The molecule has 0 aromatic rings. The second kappa shape index (κ2) is 7.25. The van der Waals surface area contributed by atoms with Crippen LogP contribution in [0.1, 0.15) is 64.2 Å². The van der Waals surface area contributed by atoms with Crippen molar-refractivity contribution in [3.63, 3.8) is 0 Å². The van der Waals surface area contributed by atoms with Gasteiger partial charge in [-0.1, -0.05) is 19.3 Å². The molecule has 0 spiro atoms. The topological polar surface area (TPSA) is 72.6 Å². The van der Waals surface area contributed by atoms with Crippen molar-refractivity contribution in [3.05, 3.63) is 0 Å². The highest BCUT2D eigenvalue weighted by Crippen LogP contribution is 2.30. The molecule has 120 valence electrons. The largest absolute Gasteiger partial charge is 0.469 e. The van der Waals surface area contributed by atoms with Crippen LogP contribution in [-0.4, -0.2) is 42.0 Å². The van der Waals surface area contributed by atoms with Gasteiger partial charge in [0.15, 0.2) is 0 Å². The summed E-state index contributed by atoms with van der Waals surface area (Å²) in [7, 11) is 1.40. The van der Waals surface area contributed by atoms with E-state index in [1.54, 1.807) is 0 Å². The molecule has 0 aromatic heterocycles. The lowest BCUT2D eigenvalue weighted by atomic mass is 9.79. The monoisotopic (exact) mass is 296 g/mol. The first kappa shape index (κ1) is 16.3. The summed E-state index contributed by atoms with van der Waals surface area (Å²) < 4.78 is 4.75. The van der Waals surface area contributed by atoms with Crippen molar-refractivity contribution in [2.45, 2.75) is 75.8 Å². The number of esters is 1. The molecule has 21 heavy (non-hydrogen) atoms. The normalized spacial score (nSPS) is 25.4. The minimum atomic E-state index is -0.331. The quantitative estimate of drug-likeness (QED) is 0.805. The molecule has 1 saturated carbocycles. The third kappa shape index (κ3) is 4.43. The minimum Gasteiger partial charge on any atom is -0.469 e. The smallest absolute Gasteiger partial charge is 0.307 e. The van der Waals surface area contributed by atoms with Gasteiger partial charge in [0.2, 0.25) is 5.91 Å². The van der Waals surface area contributed by atoms with Gasteiger partial charge in [-0.25, -0.2) is 0 Å². The molecular formula is C16H28N2O3. The summed E-state index contributed by atoms with van der Waals surface area (Å²) in [4.78, 5) is 26.0. The fourth-order valence-corrected chi connectivity index (χ4v) is 3.65. The van der Waals surface area contributed by atoms with Crippen LogP contribution in [0.2, 0.25) is 0 Å². The lowest BCUT2D eigenvalue weighted by molar-refractivity contribution is -0.145. The summed E-state index contributed by atoms with van der Waals surface area (Å²) in [6, 6.07) is -0.00843. The number of methoxy groups -OCH3 is 1. The summed E-state index contributed by atoms with van der Waals surface area (Å²) >= 11 is 0. The van der Waals surface area contributed by atoms with Gasteiger partial charge in [-0.2, -0.15) is 0 Å². The Morgan fingerprint density at radius 2 is 1.90 bits per heavy atom. The molecule has 0 aromatic carbocycles. The van der Waals surface area contributed by atoms with Crippen molar-refractivity contribution in [1.29, 1.82) is 0 Å². The molecule has 1 aliphatic heterocycles. The van der Waals surface area contributed by atoms with Gasteiger partial charge in [0, 0.05) is 24.5 Å². The molecule has 1 atom stereocenters. The Morgan fingerprint density at radius 1 is 1.19 bits per heavy atom. The van der Waals surface area contributed by atoms with Gasteiger partial charge in [0.05, 0.1) is 13.5 Å². The number of nitrogens with zero attached hydrogens (tertiary/aromatic N) is 1. The second-order valence-electron chi connectivity index (χ2n) is 6.62. The van der Waals surface area contributed by atoms with Crippen LogP contribution in [0.5, 0.6) is 0 Å². The zero-order valence-electron chi connectivity index (χ0n) is 13.1. The molecule has 5 heteroatoms. The Hall–Kier alpha value is -1.10. The van der Waals surface area contributed by atoms with Gasteiger partial charge in [0.1, 0.15) is 0 Å². The number of amides is 1. The van der Waals surface area contributed by atoms with Crippen LogP contribution in [0.15, 0.2) is 0 Å². The third-order valence-electron chi connectivity index (χ3n) is 4.93. The Morgan fingerprint density at radius 3 is 2.57 bits per heavy atom. The van der Waals surface area contributed by atoms with E-state index in [0.717, 1.165) is 51.5 Å². The number of carbonyl (C=O) groups excluding carboxylic acids is 2. The SMILES string of the molecule is COC(=O)CC1CCCCN1C(=O)CC1(N)CCCCC1.